The summed E-state index contributed by atoms with van der Waals surface area (Å²) in [6.07, 6.45) is 6.69. The molecule has 2 fully saturated rings. The molecule has 4 atom stereocenters. The average Bonchev–Trinajstić information content (AvgIpc) is 3.20. The first kappa shape index (κ1) is 33.0. The maximum absolute atomic E-state index is 9.47. The van der Waals surface area contributed by atoms with Gasteiger partial charge in [0.1, 0.15) is 0 Å². The van der Waals surface area contributed by atoms with Crippen molar-refractivity contribution >= 4 is 10.8 Å². The first-order valence-electron chi connectivity index (χ1n) is 19.0. The maximum atomic E-state index is 9.47. The molecule has 2 saturated carbocycles. The van der Waals surface area contributed by atoms with Crippen LogP contribution in [-0.4, -0.2) is 15.0 Å². The summed E-state index contributed by atoms with van der Waals surface area (Å²) in [6.45, 7) is 4.92. The highest BCUT2D eigenvalue weighted by molar-refractivity contribution is 5.97. The van der Waals surface area contributed by atoms with Gasteiger partial charge in [0.25, 0.3) is 0 Å². The molecule has 0 amide bonds. The molecule has 7 aromatic rings. The lowest BCUT2D eigenvalue weighted by atomic mass is 9.54. The molecule has 9 rings (SSSR count). The number of rotatable bonds is 6. The van der Waals surface area contributed by atoms with E-state index < -0.39 is 0 Å². The van der Waals surface area contributed by atoms with Crippen molar-refractivity contribution in [3.63, 3.8) is 0 Å². The van der Waals surface area contributed by atoms with Gasteiger partial charge >= 0.3 is 0 Å². The van der Waals surface area contributed by atoms with Crippen LogP contribution in [0, 0.1) is 29.1 Å². The third kappa shape index (κ3) is 6.31. The highest BCUT2D eigenvalue weighted by Crippen LogP contribution is 2.54. The fraction of sp³-hybridized carbons (Fsp3) is 0.224. The summed E-state index contributed by atoms with van der Waals surface area (Å²) in [7, 11) is 0. The van der Waals surface area contributed by atoms with Crippen LogP contribution in [0.1, 0.15) is 57.1 Å². The van der Waals surface area contributed by atoms with Crippen molar-refractivity contribution in [2.24, 2.45) is 17.8 Å². The van der Waals surface area contributed by atoms with Gasteiger partial charge in [-0.1, -0.05) is 135 Å². The summed E-state index contributed by atoms with van der Waals surface area (Å²) in [4.78, 5) is 15.4. The van der Waals surface area contributed by atoms with E-state index in [1.165, 1.54) is 43.2 Å². The molecule has 0 radical (unpaired) electrons. The summed E-state index contributed by atoms with van der Waals surface area (Å²) in [5, 5.41) is 11.6. The van der Waals surface area contributed by atoms with E-state index in [-0.39, 0.29) is 0 Å². The van der Waals surface area contributed by atoms with Crippen LogP contribution in [0.2, 0.25) is 0 Å². The van der Waals surface area contributed by atoms with E-state index in [0.29, 0.717) is 28.5 Å². The predicted octanol–water partition coefficient (Wildman–Crippen LogP) is 12.3. The van der Waals surface area contributed by atoms with Crippen LogP contribution >= 0.6 is 0 Å². The van der Waals surface area contributed by atoms with Gasteiger partial charge in [0, 0.05) is 16.7 Å². The van der Waals surface area contributed by atoms with Crippen LogP contribution < -0.4 is 0 Å². The first-order valence-corrected chi connectivity index (χ1v) is 19.0. The number of aromatic nitrogens is 3. The zero-order chi connectivity index (χ0) is 35.9. The molecule has 1 unspecified atom stereocenters. The van der Waals surface area contributed by atoms with Crippen molar-refractivity contribution in [3.05, 3.63) is 151 Å². The Hall–Kier alpha value is -5.92. The predicted molar refractivity (Wildman–Crippen MR) is 216 cm³/mol. The summed E-state index contributed by atoms with van der Waals surface area (Å²) in [6, 6.07) is 50.9. The molecule has 2 aliphatic rings. The van der Waals surface area contributed by atoms with Gasteiger partial charge in [0.15, 0.2) is 17.5 Å². The molecule has 0 spiro atoms. The molecule has 2 aliphatic carbocycles. The van der Waals surface area contributed by atoms with Gasteiger partial charge in [-0.05, 0) is 112 Å². The molecule has 1 heterocycles. The number of fused-ring (bicyclic) bond motifs is 3. The van der Waals surface area contributed by atoms with Crippen LogP contribution in [0.5, 0.6) is 0 Å². The second kappa shape index (κ2) is 13.6. The van der Waals surface area contributed by atoms with Crippen LogP contribution in [0.4, 0.5) is 0 Å². The largest absolute Gasteiger partial charge is 0.208 e. The lowest BCUT2D eigenvalue weighted by molar-refractivity contribution is 0.0780. The fourth-order valence-electron chi connectivity index (χ4n) is 9.76. The lowest BCUT2D eigenvalue weighted by Gasteiger charge is -2.50. The van der Waals surface area contributed by atoms with Crippen molar-refractivity contribution < 1.29 is 0 Å². The van der Waals surface area contributed by atoms with Crippen molar-refractivity contribution in [2.45, 2.75) is 51.4 Å². The zero-order valence-electron chi connectivity index (χ0n) is 30.3. The van der Waals surface area contributed by atoms with Crippen LogP contribution in [0.3, 0.4) is 0 Å². The van der Waals surface area contributed by atoms with Crippen molar-refractivity contribution in [3.8, 4) is 62.5 Å². The summed E-state index contributed by atoms with van der Waals surface area (Å²) >= 11 is 0. The third-order valence-corrected chi connectivity index (χ3v) is 11.7. The van der Waals surface area contributed by atoms with Crippen LogP contribution in [-0.2, 0) is 5.41 Å². The van der Waals surface area contributed by atoms with Gasteiger partial charge in [-0.25, -0.2) is 15.0 Å². The Morgan fingerprint density at radius 2 is 1.15 bits per heavy atom. The van der Waals surface area contributed by atoms with E-state index in [2.05, 4.69) is 117 Å². The summed E-state index contributed by atoms with van der Waals surface area (Å²) in [5.41, 5.74) is 9.74. The molecular weight excluding hydrogens is 645 g/mol. The minimum Gasteiger partial charge on any atom is -0.208 e. The van der Waals surface area contributed by atoms with Gasteiger partial charge in [0.2, 0.25) is 0 Å². The molecule has 258 valence electrons. The SMILES string of the molecule is C[C@@H]1C[C@@H]2C[C@H](C)CC(c3ccc(-c4ccccc4-c4nc(-c5ccccc5)nc(-c5cccc(-c6cccc7cc(C#N)ccc67)c5)n4)cc3)(C1)C2. The van der Waals surface area contributed by atoms with E-state index in [1.807, 2.05) is 42.5 Å². The molecule has 0 saturated heterocycles. The standard InChI is InChI=1S/C49H42N4/c1-32-24-35-25-33(2)29-49(28-32,30-35)41-21-19-36(20-22-41)42-15-6-7-16-45(42)48-52-46(37-10-4-3-5-11-37)51-47(53-48)40-14-8-12-39(27-40)43-17-9-13-38-26-34(31-50)18-23-44(38)43/h3-23,26-27,32-33,35H,24-25,28-30H2,1-2H3/t32-,33+,35-,49?. The minimum absolute atomic E-state index is 0.298. The topological polar surface area (TPSA) is 62.5 Å². The second-order valence-electron chi connectivity index (χ2n) is 15.7. The van der Waals surface area contributed by atoms with Crippen LogP contribution in [0.15, 0.2) is 140 Å². The average molecular weight is 687 g/mol. The monoisotopic (exact) mass is 686 g/mol. The van der Waals surface area contributed by atoms with Crippen molar-refractivity contribution in [1.29, 1.82) is 5.26 Å². The maximum Gasteiger partial charge on any atom is 0.164 e. The Kier molecular flexibility index (Phi) is 8.43. The van der Waals surface area contributed by atoms with Gasteiger partial charge in [-0.2, -0.15) is 5.26 Å². The number of hydrogen-bond donors (Lipinski definition) is 0. The fourth-order valence-corrected chi connectivity index (χ4v) is 9.76. The van der Waals surface area contributed by atoms with Crippen LogP contribution in [0.25, 0.3) is 67.2 Å². The van der Waals surface area contributed by atoms with E-state index in [1.54, 1.807) is 0 Å². The van der Waals surface area contributed by atoms with Gasteiger partial charge in [-0.15, -0.1) is 0 Å². The van der Waals surface area contributed by atoms with Gasteiger partial charge in [0.05, 0.1) is 11.6 Å². The highest BCUT2D eigenvalue weighted by Gasteiger charge is 2.45. The quantitative estimate of drug-likeness (QED) is 0.175. The Balaban J connectivity index is 1.13. The molecule has 2 bridgehead atoms. The van der Waals surface area contributed by atoms with Gasteiger partial charge < -0.3 is 0 Å². The Morgan fingerprint density at radius 1 is 0.528 bits per heavy atom. The molecular formula is C49H42N4. The number of nitrogens with zero attached hydrogens (tertiary/aromatic N) is 4. The summed E-state index contributed by atoms with van der Waals surface area (Å²) < 4.78 is 0. The van der Waals surface area contributed by atoms with E-state index in [0.717, 1.165) is 61.9 Å². The molecule has 1 aromatic heterocycles. The molecule has 53 heavy (non-hydrogen) atoms. The van der Waals surface area contributed by atoms with E-state index in [9.17, 15) is 5.26 Å². The minimum atomic E-state index is 0.298. The molecule has 4 nitrogen and oxygen atoms in total. The smallest absolute Gasteiger partial charge is 0.164 e. The highest BCUT2D eigenvalue weighted by atomic mass is 15.0. The molecule has 4 heteroatoms. The summed E-state index contributed by atoms with van der Waals surface area (Å²) in [5.74, 6) is 4.33. The third-order valence-electron chi connectivity index (χ3n) is 11.7. The van der Waals surface area contributed by atoms with E-state index in [4.69, 9.17) is 15.0 Å². The van der Waals surface area contributed by atoms with Crippen molar-refractivity contribution in [1.82, 2.24) is 15.0 Å². The Labute approximate surface area is 312 Å². The second-order valence-corrected chi connectivity index (χ2v) is 15.7. The number of hydrogen-bond acceptors (Lipinski definition) is 4. The van der Waals surface area contributed by atoms with Gasteiger partial charge in [-0.3, -0.25) is 0 Å². The zero-order valence-corrected chi connectivity index (χ0v) is 30.3. The number of nitriles is 1. The van der Waals surface area contributed by atoms with Crippen molar-refractivity contribution in [2.75, 3.05) is 0 Å². The molecule has 6 aromatic carbocycles. The normalized spacial score (nSPS) is 20.9. The Morgan fingerprint density at radius 3 is 1.91 bits per heavy atom. The number of benzene rings is 6. The molecule has 0 N–H and O–H groups in total. The Bertz CT molecular complexity index is 2480. The molecule has 0 aliphatic heterocycles. The first-order chi connectivity index (χ1) is 25.9. The van der Waals surface area contributed by atoms with E-state index >= 15 is 0 Å². The lowest BCUT2D eigenvalue weighted by Crippen LogP contribution is -2.42.